The monoisotopic (exact) mass is 512 g/mol. The van der Waals surface area contributed by atoms with Crippen LogP contribution in [-0.2, 0) is 11.2 Å². The number of rotatable bonds is 7. The summed E-state index contributed by atoms with van der Waals surface area (Å²) in [6.07, 6.45) is 4.07. The summed E-state index contributed by atoms with van der Waals surface area (Å²) in [6.45, 7) is 2.54. The Morgan fingerprint density at radius 2 is 1.69 bits per heavy atom. The molecule has 5 rings (SSSR count). The van der Waals surface area contributed by atoms with E-state index in [1.54, 1.807) is 29.3 Å². The molecule has 0 radical (unpaired) electrons. The van der Waals surface area contributed by atoms with E-state index >= 15 is 0 Å². The molecule has 8 heteroatoms. The molecule has 6 nitrogen and oxygen atoms in total. The predicted molar refractivity (Wildman–Crippen MR) is 150 cm³/mol. The van der Waals surface area contributed by atoms with E-state index in [0.717, 1.165) is 12.0 Å². The minimum absolute atomic E-state index is 0.214. The van der Waals surface area contributed by atoms with Gasteiger partial charge in [0.05, 0.1) is 16.5 Å². The molecule has 36 heavy (non-hydrogen) atoms. The number of aromatic nitrogens is 2. The van der Waals surface area contributed by atoms with Crippen molar-refractivity contribution in [2.24, 2.45) is 0 Å². The van der Waals surface area contributed by atoms with E-state index in [9.17, 15) is 9.59 Å². The normalized spacial score (nSPS) is 15.6. The molecule has 1 N–H and O–H groups in total. The summed E-state index contributed by atoms with van der Waals surface area (Å²) in [6, 6.07) is 25.1. The summed E-state index contributed by atoms with van der Waals surface area (Å²) < 4.78 is 1.96. The Hall–Kier alpha value is -3.75. The van der Waals surface area contributed by atoms with Crippen LogP contribution in [0.15, 0.2) is 94.8 Å². The molecule has 0 aliphatic carbocycles. The average molecular weight is 513 g/mol. The maximum atomic E-state index is 13.5. The summed E-state index contributed by atoms with van der Waals surface area (Å²) in [4.78, 5) is 33.6. The first kappa shape index (κ1) is 24.0. The van der Waals surface area contributed by atoms with Gasteiger partial charge < -0.3 is 5.32 Å². The molecule has 2 aromatic heterocycles. The van der Waals surface area contributed by atoms with Crippen LogP contribution in [0, 0.1) is 0 Å². The van der Waals surface area contributed by atoms with Crippen LogP contribution < -0.4 is 10.9 Å². The van der Waals surface area contributed by atoms with Gasteiger partial charge in [-0.05, 0) is 42.7 Å². The number of pyridine rings is 1. The number of nitrogens with one attached hydrogen (secondary N) is 1. The number of anilines is 1. The van der Waals surface area contributed by atoms with Crippen LogP contribution in [0.4, 0.5) is 5.82 Å². The van der Waals surface area contributed by atoms with E-state index in [-0.39, 0.29) is 17.5 Å². The van der Waals surface area contributed by atoms with Crippen LogP contribution in [0.3, 0.4) is 0 Å². The topological polar surface area (TPSA) is 66.7 Å². The van der Waals surface area contributed by atoms with Crippen molar-refractivity contribution >= 4 is 51.7 Å². The molecule has 1 fully saturated rings. The molecule has 1 amide bonds. The zero-order valence-electron chi connectivity index (χ0n) is 19.6. The summed E-state index contributed by atoms with van der Waals surface area (Å²) in [5, 5.41) is 3.32. The van der Waals surface area contributed by atoms with Crippen LogP contribution in [0.1, 0.15) is 29.7 Å². The minimum atomic E-state index is -0.246. The Labute approximate surface area is 218 Å². The molecular formula is C28H24N4O2S2. The van der Waals surface area contributed by atoms with Crippen molar-refractivity contribution in [2.45, 2.75) is 19.4 Å². The molecule has 0 saturated carbocycles. The highest BCUT2D eigenvalue weighted by atomic mass is 32.2. The van der Waals surface area contributed by atoms with Crippen molar-refractivity contribution in [3.63, 3.8) is 0 Å². The van der Waals surface area contributed by atoms with Crippen LogP contribution in [0.5, 0.6) is 0 Å². The Morgan fingerprint density at radius 1 is 1.00 bits per heavy atom. The number of hydrogen-bond acceptors (Lipinski definition) is 6. The molecule has 0 bridgehead atoms. The van der Waals surface area contributed by atoms with E-state index in [4.69, 9.17) is 17.2 Å². The maximum absolute atomic E-state index is 13.5. The highest BCUT2D eigenvalue weighted by molar-refractivity contribution is 8.26. The third-order valence-corrected chi connectivity index (χ3v) is 7.42. The predicted octanol–water partition coefficient (Wildman–Crippen LogP) is 5.31. The van der Waals surface area contributed by atoms with Gasteiger partial charge in [0.2, 0.25) is 0 Å². The Morgan fingerprint density at radius 3 is 2.44 bits per heavy atom. The number of hydrogen-bond donors (Lipinski definition) is 1. The van der Waals surface area contributed by atoms with Crippen LogP contribution >= 0.6 is 24.0 Å². The lowest BCUT2D eigenvalue weighted by Gasteiger charge is -2.23. The lowest BCUT2D eigenvalue weighted by molar-refractivity contribution is -0.123. The first-order valence-corrected chi connectivity index (χ1v) is 12.9. The Balaban J connectivity index is 1.49. The third kappa shape index (κ3) is 4.82. The molecule has 3 heterocycles. The number of nitrogens with zero attached hydrogens (tertiary/aromatic N) is 3. The number of carbonyl (C=O) groups excluding carboxylic acids is 1. The Kier molecular flexibility index (Phi) is 6.97. The SMILES string of the molecule is C[C@H](c1ccccc1)N1C(=O)/C(=C/c2c(NCCc3ccccc3)nc3ccccn3c2=O)SC1=S. The minimum Gasteiger partial charge on any atom is -0.369 e. The van der Waals surface area contributed by atoms with Crippen LogP contribution in [0.2, 0.25) is 0 Å². The fourth-order valence-electron chi connectivity index (χ4n) is 4.16. The molecule has 180 valence electrons. The third-order valence-electron chi connectivity index (χ3n) is 6.09. The molecule has 0 unspecified atom stereocenters. The second-order valence-electron chi connectivity index (χ2n) is 8.41. The number of benzene rings is 2. The van der Waals surface area contributed by atoms with Crippen LogP contribution in [0.25, 0.3) is 11.7 Å². The van der Waals surface area contributed by atoms with Crippen molar-refractivity contribution < 1.29 is 4.79 Å². The number of amides is 1. The number of thioether (sulfide) groups is 1. The molecule has 0 spiro atoms. The zero-order valence-corrected chi connectivity index (χ0v) is 21.3. The molecule has 2 aromatic carbocycles. The molecule has 1 saturated heterocycles. The highest BCUT2D eigenvalue weighted by Crippen LogP contribution is 2.38. The average Bonchev–Trinajstić information content (AvgIpc) is 3.19. The fourth-order valence-corrected chi connectivity index (χ4v) is 5.56. The van der Waals surface area contributed by atoms with Gasteiger partial charge in [-0.15, -0.1) is 0 Å². The van der Waals surface area contributed by atoms with E-state index in [2.05, 4.69) is 17.4 Å². The highest BCUT2D eigenvalue weighted by Gasteiger charge is 2.36. The van der Waals surface area contributed by atoms with E-state index < -0.39 is 0 Å². The van der Waals surface area contributed by atoms with Gasteiger partial charge in [-0.1, -0.05) is 90.7 Å². The van der Waals surface area contributed by atoms with Crippen molar-refractivity contribution in [1.82, 2.24) is 14.3 Å². The second kappa shape index (κ2) is 10.5. The number of fused-ring (bicyclic) bond motifs is 1. The first-order chi connectivity index (χ1) is 17.5. The molecule has 4 aromatic rings. The van der Waals surface area contributed by atoms with Crippen molar-refractivity contribution in [3.05, 3.63) is 117 Å². The van der Waals surface area contributed by atoms with Gasteiger partial charge in [0.1, 0.15) is 15.8 Å². The quantitative estimate of drug-likeness (QED) is 0.267. The first-order valence-electron chi connectivity index (χ1n) is 11.6. The van der Waals surface area contributed by atoms with Gasteiger partial charge in [0.25, 0.3) is 11.5 Å². The number of carbonyl (C=O) groups is 1. The van der Waals surface area contributed by atoms with Crippen molar-refractivity contribution in [1.29, 1.82) is 0 Å². The van der Waals surface area contributed by atoms with Gasteiger partial charge in [0, 0.05) is 12.7 Å². The summed E-state index contributed by atoms with van der Waals surface area (Å²) in [7, 11) is 0. The summed E-state index contributed by atoms with van der Waals surface area (Å²) in [5.41, 5.74) is 2.79. The summed E-state index contributed by atoms with van der Waals surface area (Å²) in [5.74, 6) is 0.234. The standard InChI is InChI=1S/C28H24N4O2S2/c1-19(21-12-6-3-7-13-21)32-27(34)23(36-28(32)35)18-22-25(29-16-15-20-10-4-2-5-11-20)30-24-14-8-9-17-31(24)26(22)33/h2-14,17-19,29H,15-16H2,1H3/b23-18-/t19-/m1/s1. The van der Waals surface area contributed by atoms with Crippen LogP contribution in [-0.4, -0.2) is 31.1 Å². The van der Waals surface area contributed by atoms with E-state index in [0.29, 0.717) is 32.8 Å². The molecule has 1 aliphatic heterocycles. The lowest BCUT2D eigenvalue weighted by atomic mass is 10.1. The molecular weight excluding hydrogens is 488 g/mol. The fraction of sp³-hybridized carbons (Fsp3) is 0.143. The second-order valence-corrected chi connectivity index (χ2v) is 10.1. The lowest BCUT2D eigenvalue weighted by Crippen LogP contribution is -2.31. The molecule has 1 aliphatic rings. The largest absolute Gasteiger partial charge is 0.369 e. The van der Waals surface area contributed by atoms with Gasteiger partial charge in [-0.2, -0.15) is 0 Å². The Bertz CT molecular complexity index is 1520. The summed E-state index contributed by atoms with van der Waals surface area (Å²) >= 11 is 6.77. The van der Waals surface area contributed by atoms with Gasteiger partial charge in [0.15, 0.2) is 0 Å². The van der Waals surface area contributed by atoms with E-state index in [1.807, 2.05) is 61.5 Å². The van der Waals surface area contributed by atoms with Gasteiger partial charge in [-0.3, -0.25) is 18.9 Å². The van der Waals surface area contributed by atoms with Crippen molar-refractivity contribution in [2.75, 3.05) is 11.9 Å². The molecule has 1 atom stereocenters. The van der Waals surface area contributed by atoms with Gasteiger partial charge in [-0.25, -0.2) is 4.98 Å². The smallest absolute Gasteiger partial charge is 0.267 e. The number of thiocarbonyl (C=S) groups is 1. The zero-order chi connectivity index (χ0) is 25.1. The van der Waals surface area contributed by atoms with E-state index in [1.165, 1.54) is 21.7 Å². The maximum Gasteiger partial charge on any atom is 0.267 e. The van der Waals surface area contributed by atoms with Gasteiger partial charge >= 0.3 is 0 Å². The van der Waals surface area contributed by atoms with Crippen molar-refractivity contribution in [3.8, 4) is 0 Å².